The summed E-state index contributed by atoms with van der Waals surface area (Å²) >= 11 is 0. The summed E-state index contributed by atoms with van der Waals surface area (Å²) in [6, 6.07) is 32.3. The second-order valence-electron chi connectivity index (χ2n) is 19.2. The molecule has 6 rings (SSSR count). The summed E-state index contributed by atoms with van der Waals surface area (Å²) in [5.74, 6) is -0.581. The minimum Gasteiger partial charge on any atom is -0.415 e. The lowest BCUT2D eigenvalue weighted by Crippen LogP contribution is -2.41. The molecule has 9 heteroatoms. The zero-order valence-electron chi connectivity index (χ0n) is 37.7. The van der Waals surface area contributed by atoms with Crippen molar-refractivity contribution >= 4 is 59.8 Å². The molecule has 61 heavy (non-hydrogen) atoms. The molecule has 2 amide bonds. The van der Waals surface area contributed by atoms with E-state index in [9.17, 15) is 14.7 Å². The van der Waals surface area contributed by atoms with Crippen LogP contribution in [0.3, 0.4) is 0 Å². The predicted molar refractivity (Wildman–Crippen MR) is 256 cm³/mol. The van der Waals surface area contributed by atoms with Gasteiger partial charge in [0.1, 0.15) is 0 Å². The van der Waals surface area contributed by atoms with Crippen LogP contribution in [0.15, 0.2) is 122 Å². The van der Waals surface area contributed by atoms with Crippen LogP contribution in [-0.4, -0.2) is 47.6 Å². The molecule has 1 unspecified atom stereocenters. The van der Waals surface area contributed by atoms with Gasteiger partial charge in [-0.3, -0.25) is 14.5 Å². The van der Waals surface area contributed by atoms with Crippen LogP contribution < -0.4 is 10.6 Å². The van der Waals surface area contributed by atoms with Crippen LogP contribution in [-0.2, 0) is 37.9 Å². The van der Waals surface area contributed by atoms with Gasteiger partial charge >= 0.3 is 0 Å². The second-order valence-corrected chi connectivity index (χ2v) is 24.1. The Kier molecular flexibility index (Phi) is 13.2. The molecule has 0 radical (unpaired) electrons. The van der Waals surface area contributed by atoms with Gasteiger partial charge in [-0.2, -0.15) is 0 Å². The number of nitrogens with two attached hydrogens (primary N) is 1. The number of hydrogen-bond donors (Lipinski definition) is 2. The van der Waals surface area contributed by atoms with Gasteiger partial charge in [-0.15, -0.1) is 0 Å². The number of primary amides is 1. The zero-order valence-corrected chi connectivity index (χ0v) is 38.7. The average molecular weight is 837 g/mol. The van der Waals surface area contributed by atoms with Gasteiger partial charge in [-0.1, -0.05) is 120 Å². The van der Waals surface area contributed by atoms with E-state index in [4.69, 9.17) is 10.2 Å². The number of rotatable bonds is 15. The van der Waals surface area contributed by atoms with E-state index in [0.29, 0.717) is 19.7 Å². The minimum absolute atomic E-state index is 0.00520. The molecule has 0 aliphatic carbocycles. The molecular formula is C52H64N4O4Si. The summed E-state index contributed by atoms with van der Waals surface area (Å²) in [7, 11) is -1.94. The van der Waals surface area contributed by atoms with E-state index >= 15 is 0 Å². The standard InChI is InChI=1S/C52H64N4O4Si/c1-50(2,3)42-20-11-38(12-21-42)16-26-48(58)56(44-24-19-40-27-29-54(31-33-57)47(40)36-44)45(25-15-37-13-22-43(23-14-37)52(7,8)49(53)59)41-18-17-39-28-30-55(46(39)35-41)32-34-60-61(9,10)51(4,5)6/h11-30,35-36,45,57H,31-34H2,1-10H3,(H2,53,59). The maximum atomic E-state index is 15.0. The van der Waals surface area contributed by atoms with E-state index in [0.717, 1.165) is 49.7 Å². The fourth-order valence-electron chi connectivity index (χ4n) is 7.29. The summed E-state index contributed by atoms with van der Waals surface area (Å²) in [5, 5.41) is 12.1. The van der Waals surface area contributed by atoms with Gasteiger partial charge < -0.3 is 24.4 Å². The Balaban J connectivity index is 1.48. The smallest absolute Gasteiger partial charge is 0.251 e. The van der Waals surface area contributed by atoms with Crippen molar-refractivity contribution in [3.05, 3.63) is 149 Å². The number of anilines is 1. The molecule has 3 N–H and O–H groups in total. The van der Waals surface area contributed by atoms with Crippen molar-refractivity contribution < 1.29 is 19.1 Å². The average Bonchev–Trinajstić information content (AvgIpc) is 3.81. The van der Waals surface area contributed by atoms with E-state index < -0.39 is 25.7 Å². The van der Waals surface area contributed by atoms with Crippen LogP contribution in [0.5, 0.6) is 0 Å². The van der Waals surface area contributed by atoms with Crippen molar-refractivity contribution in [2.75, 3.05) is 18.1 Å². The van der Waals surface area contributed by atoms with Crippen LogP contribution in [0, 0.1) is 0 Å². The number of carbonyl (C=O) groups is 2. The van der Waals surface area contributed by atoms with E-state index in [1.165, 1.54) is 5.56 Å². The number of aliphatic hydroxyl groups is 1. The minimum atomic E-state index is -1.94. The van der Waals surface area contributed by atoms with E-state index in [2.05, 4.69) is 120 Å². The van der Waals surface area contributed by atoms with Crippen LogP contribution in [0.2, 0.25) is 18.1 Å². The first-order chi connectivity index (χ1) is 28.7. The fourth-order valence-corrected chi connectivity index (χ4v) is 8.32. The summed E-state index contributed by atoms with van der Waals surface area (Å²) in [4.78, 5) is 29.1. The quantitative estimate of drug-likeness (QED) is 0.0794. The van der Waals surface area contributed by atoms with Crippen molar-refractivity contribution in [1.82, 2.24) is 9.13 Å². The summed E-state index contributed by atoms with van der Waals surface area (Å²) < 4.78 is 10.9. The number of carbonyl (C=O) groups excluding carboxylic acids is 2. The number of benzene rings is 4. The number of aromatic nitrogens is 2. The fraction of sp³-hybridized carbons (Fsp3) is 0.346. The Morgan fingerprint density at radius 2 is 1.30 bits per heavy atom. The van der Waals surface area contributed by atoms with Crippen LogP contribution in [0.4, 0.5) is 5.69 Å². The summed E-state index contributed by atoms with van der Waals surface area (Å²) in [6.07, 6.45) is 11.7. The van der Waals surface area contributed by atoms with Gasteiger partial charge in [-0.05, 0) is 112 Å². The van der Waals surface area contributed by atoms with Gasteiger partial charge in [0.15, 0.2) is 8.32 Å². The molecular weight excluding hydrogens is 773 g/mol. The van der Waals surface area contributed by atoms with Crippen molar-refractivity contribution in [3.8, 4) is 0 Å². The van der Waals surface area contributed by atoms with Gasteiger partial charge in [-0.25, -0.2) is 0 Å². The van der Waals surface area contributed by atoms with Gasteiger partial charge in [0, 0.05) is 42.8 Å². The van der Waals surface area contributed by atoms with Crippen LogP contribution in [0.25, 0.3) is 34.0 Å². The molecule has 320 valence electrons. The highest BCUT2D eigenvalue weighted by atomic mass is 28.4. The molecule has 0 bridgehead atoms. The monoisotopic (exact) mass is 836 g/mol. The maximum absolute atomic E-state index is 15.0. The zero-order chi connectivity index (χ0) is 44.3. The second kappa shape index (κ2) is 17.9. The van der Waals surface area contributed by atoms with Crippen molar-refractivity contribution in [2.24, 2.45) is 5.73 Å². The van der Waals surface area contributed by atoms with Crippen LogP contribution in [0.1, 0.15) is 89.2 Å². The molecule has 0 aliphatic rings. The lowest BCUT2D eigenvalue weighted by Gasteiger charge is -2.36. The normalized spacial score (nSPS) is 13.5. The Hall–Kier alpha value is -5.48. The third-order valence-electron chi connectivity index (χ3n) is 12.5. The summed E-state index contributed by atoms with van der Waals surface area (Å²) in [6.45, 7) is 23.3. The Bertz CT molecular complexity index is 2550. The first-order valence-corrected chi connectivity index (χ1v) is 24.2. The highest BCUT2D eigenvalue weighted by Gasteiger charge is 2.37. The molecule has 0 spiro atoms. The molecule has 1 atom stereocenters. The molecule has 2 heterocycles. The van der Waals surface area contributed by atoms with Gasteiger partial charge in [0.05, 0.1) is 30.2 Å². The van der Waals surface area contributed by atoms with E-state index in [1.54, 1.807) is 6.08 Å². The third-order valence-corrected chi connectivity index (χ3v) is 17.1. The molecule has 0 saturated carbocycles. The Morgan fingerprint density at radius 3 is 1.87 bits per heavy atom. The molecule has 0 saturated heterocycles. The largest absolute Gasteiger partial charge is 0.415 e. The Labute approximate surface area is 363 Å². The first-order valence-electron chi connectivity index (χ1n) is 21.3. The molecule has 2 aromatic heterocycles. The van der Waals surface area contributed by atoms with Gasteiger partial charge in [0.2, 0.25) is 5.91 Å². The molecule has 4 aromatic carbocycles. The molecule has 6 aromatic rings. The number of aliphatic hydroxyl groups excluding tert-OH is 1. The lowest BCUT2D eigenvalue weighted by molar-refractivity contribution is -0.122. The number of hydrogen-bond acceptors (Lipinski definition) is 4. The highest BCUT2D eigenvalue weighted by molar-refractivity contribution is 6.74. The SMILES string of the molecule is CC(C)(C)c1ccc(C=CC(=O)N(c2ccc3ccn(CCO)c3c2)C(C=Cc2ccc(C(C)(C)C(N)=O)cc2)c2ccc3ccn(CCO[Si](C)(C)C(C)(C)C)c3c2)cc1. The number of nitrogens with zero attached hydrogens (tertiary/aromatic N) is 3. The van der Waals surface area contributed by atoms with Crippen molar-refractivity contribution in [1.29, 1.82) is 0 Å². The first kappa shape index (κ1) is 45.1. The molecule has 0 fully saturated rings. The highest BCUT2D eigenvalue weighted by Crippen LogP contribution is 2.37. The van der Waals surface area contributed by atoms with Crippen molar-refractivity contribution in [3.63, 3.8) is 0 Å². The van der Waals surface area contributed by atoms with E-state index in [1.807, 2.05) is 90.2 Å². The van der Waals surface area contributed by atoms with Crippen molar-refractivity contribution in [2.45, 2.75) is 103 Å². The molecule has 8 nitrogen and oxygen atoms in total. The van der Waals surface area contributed by atoms with Gasteiger partial charge in [0.25, 0.3) is 5.91 Å². The number of fused-ring (bicyclic) bond motifs is 2. The topological polar surface area (TPSA) is 103 Å². The van der Waals surface area contributed by atoms with E-state index in [-0.39, 0.29) is 23.0 Å². The lowest BCUT2D eigenvalue weighted by atomic mass is 9.83. The number of amides is 2. The molecule has 0 aliphatic heterocycles. The summed E-state index contributed by atoms with van der Waals surface area (Å²) in [5.41, 5.74) is 12.5. The maximum Gasteiger partial charge on any atom is 0.251 e. The Morgan fingerprint density at radius 1 is 0.738 bits per heavy atom. The van der Waals surface area contributed by atoms with Crippen LogP contribution >= 0.6 is 0 Å². The third kappa shape index (κ3) is 10.2. The predicted octanol–water partition coefficient (Wildman–Crippen LogP) is 11.2.